The second-order valence-corrected chi connectivity index (χ2v) is 7.81. The number of furan rings is 1. The molecule has 0 fully saturated rings. The van der Waals surface area contributed by atoms with Gasteiger partial charge in [-0.05, 0) is 41.7 Å². The lowest BCUT2D eigenvalue weighted by Gasteiger charge is -2.29. The van der Waals surface area contributed by atoms with Gasteiger partial charge in [-0.25, -0.2) is 0 Å². The van der Waals surface area contributed by atoms with Crippen LogP contribution in [0.25, 0.3) is 11.1 Å². The molecule has 0 unspecified atom stereocenters. The SMILES string of the molecule is CC1(C)CC(=NNc2ccccc2)c2c(-c3ccc([N+](=O)[O-])cc3)coc2C1. The van der Waals surface area contributed by atoms with Gasteiger partial charge in [-0.2, -0.15) is 5.10 Å². The molecule has 4 rings (SSSR count). The van der Waals surface area contributed by atoms with Crippen molar-refractivity contribution >= 4 is 17.1 Å². The number of anilines is 1. The maximum atomic E-state index is 10.9. The lowest BCUT2D eigenvalue weighted by atomic mass is 9.75. The van der Waals surface area contributed by atoms with Crippen LogP contribution < -0.4 is 5.43 Å². The molecule has 1 heterocycles. The third-order valence-electron chi connectivity index (χ3n) is 4.92. The molecule has 0 bridgehead atoms. The molecule has 0 atom stereocenters. The molecule has 6 heteroatoms. The molecule has 2 aromatic carbocycles. The molecule has 0 spiro atoms. The van der Waals surface area contributed by atoms with E-state index in [2.05, 4.69) is 19.3 Å². The number of fused-ring (bicyclic) bond motifs is 1. The van der Waals surface area contributed by atoms with Crippen LogP contribution in [0.3, 0.4) is 0 Å². The van der Waals surface area contributed by atoms with Crippen molar-refractivity contribution in [2.75, 3.05) is 5.43 Å². The summed E-state index contributed by atoms with van der Waals surface area (Å²) in [6, 6.07) is 16.3. The lowest BCUT2D eigenvalue weighted by molar-refractivity contribution is -0.384. The molecule has 1 N–H and O–H groups in total. The van der Waals surface area contributed by atoms with Gasteiger partial charge >= 0.3 is 0 Å². The summed E-state index contributed by atoms with van der Waals surface area (Å²) in [6.07, 6.45) is 3.35. The zero-order chi connectivity index (χ0) is 19.7. The number of hydrogen-bond donors (Lipinski definition) is 1. The Morgan fingerprint density at radius 2 is 1.79 bits per heavy atom. The number of nitro groups is 1. The fourth-order valence-corrected chi connectivity index (χ4v) is 3.60. The summed E-state index contributed by atoms with van der Waals surface area (Å²) in [5.74, 6) is 0.901. The molecule has 28 heavy (non-hydrogen) atoms. The summed E-state index contributed by atoms with van der Waals surface area (Å²) < 4.78 is 5.89. The van der Waals surface area contributed by atoms with Gasteiger partial charge in [-0.3, -0.25) is 15.5 Å². The van der Waals surface area contributed by atoms with Gasteiger partial charge in [0.15, 0.2) is 0 Å². The van der Waals surface area contributed by atoms with E-state index in [0.29, 0.717) is 0 Å². The number of benzene rings is 2. The summed E-state index contributed by atoms with van der Waals surface area (Å²) in [5, 5.41) is 15.6. The van der Waals surface area contributed by atoms with E-state index in [-0.39, 0.29) is 11.1 Å². The molecule has 142 valence electrons. The molecule has 1 aromatic heterocycles. The Morgan fingerprint density at radius 3 is 2.46 bits per heavy atom. The molecular weight excluding hydrogens is 354 g/mol. The molecule has 0 radical (unpaired) electrons. The fourth-order valence-electron chi connectivity index (χ4n) is 3.60. The smallest absolute Gasteiger partial charge is 0.269 e. The standard InChI is InChI=1S/C22H21N3O3/c1-22(2)12-19(24-23-16-6-4-3-5-7-16)21-18(14-28-20(21)13-22)15-8-10-17(11-9-15)25(26)27/h3-11,14,23H,12-13H2,1-2H3. The highest BCUT2D eigenvalue weighted by Crippen LogP contribution is 2.41. The van der Waals surface area contributed by atoms with Gasteiger partial charge in [0.05, 0.1) is 22.6 Å². The molecule has 0 saturated heterocycles. The van der Waals surface area contributed by atoms with Crippen LogP contribution in [0.15, 0.2) is 70.4 Å². The number of para-hydroxylation sites is 1. The van der Waals surface area contributed by atoms with Crippen LogP contribution in [0.1, 0.15) is 31.6 Å². The molecule has 1 aliphatic rings. The van der Waals surface area contributed by atoms with Crippen LogP contribution in [0.4, 0.5) is 11.4 Å². The summed E-state index contributed by atoms with van der Waals surface area (Å²) in [5.41, 5.74) is 7.87. The van der Waals surface area contributed by atoms with Crippen LogP contribution in [0, 0.1) is 15.5 Å². The van der Waals surface area contributed by atoms with E-state index in [4.69, 9.17) is 9.52 Å². The fraction of sp³-hybridized carbons (Fsp3) is 0.227. The number of hydrogen-bond acceptors (Lipinski definition) is 5. The van der Waals surface area contributed by atoms with E-state index in [1.807, 2.05) is 30.3 Å². The Morgan fingerprint density at radius 1 is 1.07 bits per heavy atom. The minimum Gasteiger partial charge on any atom is -0.468 e. The van der Waals surface area contributed by atoms with Crippen molar-refractivity contribution in [1.82, 2.24) is 0 Å². The van der Waals surface area contributed by atoms with E-state index < -0.39 is 4.92 Å². The highest BCUT2D eigenvalue weighted by molar-refractivity contribution is 6.08. The quantitative estimate of drug-likeness (QED) is 0.472. The van der Waals surface area contributed by atoms with Gasteiger partial charge < -0.3 is 4.42 Å². The second kappa shape index (κ2) is 6.96. The third-order valence-corrected chi connectivity index (χ3v) is 4.92. The first-order valence-corrected chi connectivity index (χ1v) is 9.16. The number of nitrogens with zero attached hydrogens (tertiary/aromatic N) is 2. The number of non-ortho nitro benzene ring substituents is 1. The van der Waals surface area contributed by atoms with Crippen molar-refractivity contribution in [3.63, 3.8) is 0 Å². The average Bonchev–Trinajstić information content (AvgIpc) is 3.09. The Labute approximate surface area is 163 Å². The van der Waals surface area contributed by atoms with E-state index in [1.54, 1.807) is 18.4 Å². The van der Waals surface area contributed by atoms with Crippen molar-refractivity contribution in [3.8, 4) is 11.1 Å². The first-order valence-electron chi connectivity index (χ1n) is 9.16. The minimum absolute atomic E-state index is 0.0365. The van der Waals surface area contributed by atoms with Crippen LogP contribution in [-0.2, 0) is 6.42 Å². The van der Waals surface area contributed by atoms with Gasteiger partial charge in [-0.15, -0.1) is 0 Å². The largest absolute Gasteiger partial charge is 0.468 e. The van der Waals surface area contributed by atoms with Gasteiger partial charge in [0.1, 0.15) is 5.76 Å². The highest BCUT2D eigenvalue weighted by Gasteiger charge is 2.34. The zero-order valence-corrected chi connectivity index (χ0v) is 15.8. The monoisotopic (exact) mass is 375 g/mol. The van der Waals surface area contributed by atoms with Crippen LogP contribution in [-0.4, -0.2) is 10.6 Å². The Bertz CT molecular complexity index is 1030. The Balaban J connectivity index is 1.74. The first kappa shape index (κ1) is 18.0. The van der Waals surface area contributed by atoms with Crippen molar-refractivity contribution in [1.29, 1.82) is 0 Å². The Kier molecular flexibility index (Phi) is 4.47. The third kappa shape index (κ3) is 3.53. The summed E-state index contributed by atoms with van der Waals surface area (Å²) in [4.78, 5) is 10.5. The van der Waals surface area contributed by atoms with Crippen molar-refractivity contribution < 1.29 is 9.34 Å². The van der Waals surface area contributed by atoms with E-state index in [9.17, 15) is 10.1 Å². The zero-order valence-electron chi connectivity index (χ0n) is 15.8. The van der Waals surface area contributed by atoms with Crippen LogP contribution in [0.2, 0.25) is 0 Å². The average molecular weight is 375 g/mol. The molecule has 1 aliphatic carbocycles. The molecular formula is C22H21N3O3. The van der Waals surface area contributed by atoms with Crippen molar-refractivity contribution in [2.24, 2.45) is 10.5 Å². The van der Waals surface area contributed by atoms with Crippen molar-refractivity contribution in [3.05, 3.63) is 82.3 Å². The molecule has 0 saturated carbocycles. The Hall–Kier alpha value is -3.41. The minimum atomic E-state index is -0.395. The number of nitro benzene ring substituents is 1. The first-order chi connectivity index (χ1) is 13.4. The number of nitrogens with one attached hydrogen (secondary N) is 1. The number of hydrazone groups is 1. The summed E-state index contributed by atoms with van der Waals surface area (Å²) in [7, 11) is 0. The predicted octanol–water partition coefficient (Wildman–Crippen LogP) is 5.64. The van der Waals surface area contributed by atoms with Gasteiger partial charge in [0.2, 0.25) is 0 Å². The van der Waals surface area contributed by atoms with E-state index in [0.717, 1.165) is 46.7 Å². The van der Waals surface area contributed by atoms with Crippen molar-refractivity contribution in [2.45, 2.75) is 26.7 Å². The predicted molar refractivity (Wildman–Crippen MR) is 110 cm³/mol. The van der Waals surface area contributed by atoms with Gasteiger partial charge in [0.25, 0.3) is 5.69 Å². The van der Waals surface area contributed by atoms with E-state index in [1.165, 1.54) is 12.1 Å². The van der Waals surface area contributed by atoms with Gasteiger partial charge in [-0.1, -0.05) is 32.0 Å². The normalized spacial score (nSPS) is 16.6. The molecule has 0 amide bonds. The maximum absolute atomic E-state index is 10.9. The summed E-state index contributed by atoms with van der Waals surface area (Å²) >= 11 is 0. The molecule has 3 aromatic rings. The van der Waals surface area contributed by atoms with E-state index >= 15 is 0 Å². The molecule has 0 aliphatic heterocycles. The topological polar surface area (TPSA) is 80.7 Å². The lowest BCUT2D eigenvalue weighted by Crippen LogP contribution is -2.27. The summed E-state index contributed by atoms with van der Waals surface area (Å²) in [6.45, 7) is 4.39. The van der Waals surface area contributed by atoms with Crippen LogP contribution in [0.5, 0.6) is 0 Å². The highest BCUT2D eigenvalue weighted by atomic mass is 16.6. The number of rotatable bonds is 4. The van der Waals surface area contributed by atoms with Crippen LogP contribution >= 0.6 is 0 Å². The second-order valence-electron chi connectivity index (χ2n) is 7.81. The maximum Gasteiger partial charge on any atom is 0.269 e. The van der Waals surface area contributed by atoms with Gasteiger partial charge in [0, 0.05) is 29.7 Å². The molecule has 6 nitrogen and oxygen atoms in total.